The Morgan fingerprint density at radius 1 is 1.43 bits per heavy atom. The van der Waals surface area contributed by atoms with Crippen LogP contribution < -0.4 is 0 Å². The van der Waals surface area contributed by atoms with Crippen molar-refractivity contribution < 1.29 is 14.9 Å². The Kier molecular flexibility index (Phi) is 3.93. The summed E-state index contributed by atoms with van der Waals surface area (Å²) in [5.41, 5.74) is -0.463. The van der Waals surface area contributed by atoms with Gasteiger partial charge in [-0.1, -0.05) is 33.6 Å². The molecule has 1 aliphatic heterocycles. The lowest BCUT2D eigenvalue weighted by atomic mass is 9.80. The van der Waals surface area contributed by atoms with Crippen LogP contribution in [0.5, 0.6) is 0 Å². The Labute approximate surface area is 86.1 Å². The summed E-state index contributed by atoms with van der Waals surface area (Å²) >= 11 is 0. The predicted molar refractivity (Wildman–Crippen MR) is 54.8 cm³/mol. The summed E-state index contributed by atoms with van der Waals surface area (Å²) in [7, 11) is 0. The zero-order valence-electron chi connectivity index (χ0n) is 9.36. The molecule has 0 bridgehead atoms. The van der Waals surface area contributed by atoms with E-state index >= 15 is 0 Å². The van der Waals surface area contributed by atoms with Crippen LogP contribution in [0.3, 0.4) is 0 Å². The summed E-state index contributed by atoms with van der Waals surface area (Å²) in [4.78, 5) is 0. The van der Waals surface area contributed by atoms with Crippen molar-refractivity contribution in [2.24, 2.45) is 11.3 Å². The Hall–Kier alpha value is -0.120. The van der Waals surface area contributed by atoms with Gasteiger partial charge in [0.2, 0.25) is 0 Å². The second kappa shape index (κ2) is 4.60. The first-order chi connectivity index (χ1) is 6.47. The maximum absolute atomic E-state index is 9.70. The Balaban J connectivity index is 2.40. The molecule has 1 fully saturated rings. The van der Waals surface area contributed by atoms with E-state index in [0.717, 1.165) is 19.3 Å². The van der Waals surface area contributed by atoms with Gasteiger partial charge in [0.1, 0.15) is 0 Å². The molecule has 0 saturated carbocycles. The third-order valence-corrected chi connectivity index (χ3v) is 3.23. The molecule has 14 heavy (non-hydrogen) atoms. The van der Waals surface area contributed by atoms with Gasteiger partial charge in [-0.15, -0.1) is 0 Å². The lowest BCUT2D eigenvalue weighted by molar-refractivity contribution is -0.120. The van der Waals surface area contributed by atoms with Crippen LogP contribution in [0, 0.1) is 11.3 Å². The van der Waals surface area contributed by atoms with Gasteiger partial charge in [0.25, 0.3) is 0 Å². The first-order valence-electron chi connectivity index (χ1n) is 5.44. The highest BCUT2D eigenvalue weighted by Crippen LogP contribution is 2.38. The SMILES string of the molecule is CC(C)CCCC1(C)C(O)COC1O. The molecule has 3 unspecified atom stereocenters. The van der Waals surface area contributed by atoms with Crippen LogP contribution in [0.2, 0.25) is 0 Å². The normalized spacial score (nSPS) is 38.1. The summed E-state index contributed by atoms with van der Waals surface area (Å²) < 4.78 is 5.04. The molecule has 2 N–H and O–H groups in total. The quantitative estimate of drug-likeness (QED) is 0.727. The third-order valence-electron chi connectivity index (χ3n) is 3.23. The van der Waals surface area contributed by atoms with Crippen molar-refractivity contribution in [3.63, 3.8) is 0 Å². The molecule has 1 rings (SSSR count). The fourth-order valence-corrected chi connectivity index (χ4v) is 1.91. The van der Waals surface area contributed by atoms with E-state index in [1.165, 1.54) is 0 Å². The molecular weight excluding hydrogens is 180 g/mol. The van der Waals surface area contributed by atoms with Gasteiger partial charge < -0.3 is 14.9 Å². The van der Waals surface area contributed by atoms with Gasteiger partial charge in [0.05, 0.1) is 12.7 Å². The maximum Gasteiger partial charge on any atom is 0.162 e. The lowest BCUT2D eigenvalue weighted by Gasteiger charge is -2.29. The standard InChI is InChI=1S/C11H22O3/c1-8(2)5-4-6-11(3)9(12)7-14-10(11)13/h8-10,12-13H,4-7H2,1-3H3. The molecule has 0 aliphatic carbocycles. The summed E-state index contributed by atoms with van der Waals surface area (Å²) in [6, 6.07) is 0. The number of rotatable bonds is 4. The Morgan fingerprint density at radius 3 is 2.50 bits per heavy atom. The molecule has 0 aromatic rings. The summed E-state index contributed by atoms with van der Waals surface area (Å²) in [6.07, 6.45) is 1.67. The zero-order chi connectivity index (χ0) is 10.8. The van der Waals surface area contributed by atoms with E-state index in [1.807, 2.05) is 6.92 Å². The zero-order valence-corrected chi connectivity index (χ0v) is 9.36. The van der Waals surface area contributed by atoms with Crippen molar-refractivity contribution in [1.82, 2.24) is 0 Å². The summed E-state index contributed by atoms with van der Waals surface area (Å²) in [6.45, 7) is 6.52. The van der Waals surface area contributed by atoms with Gasteiger partial charge in [-0.2, -0.15) is 0 Å². The van der Waals surface area contributed by atoms with E-state index < -0.39 is 17.8 Å². The molecule has 1 saturated heterocycles. The number of hydrogen-bond donors (Lipinski definition) is 2. The molecule has 3 atom stereocenters. The molecule has 3 heteroatoms. The molecule has 0 spiro atoms. The number of aliphatic hydroxyl groups is 2. The predicted octanol–water partition coefficient (Wildman–Crippen LogP) is 1.53. The van der Waals surface area contributed by atoms with E-state index in [1.54, 1.807) is 0 Å². The van der Waals surface area contributed by atoms with Gasteiger partial charge in [-0.25, -0.2) is 0 Å². The first kappa shape index (κ1) is 12.0. The van der Waals surface area contributed by atoms with Gasteiger partial charge in [0.15, 0.2) is 6.29 Å². The average molecular weight is 202 g/mol. The third kappa shape index (κ3) is 2.47. The van der Waals surface area contributed by atoms with E-state index in [4.69, 9.17) is 4.74 Å². The smallest absolute Gasteiger partial charge is 0.162 e. The minimum atomic E-state index is -0.801. The van der Waals surface area contributed by atoms with E-state index in [2.05, 4.69) is 13.8 Å². The van der Waals surface area contributed by atoms with Crippen LogP contribution in [0.4, 0.5) is 0 Å². The van der Waals surface area contributed by atoms with E-state index in [-0.39, 0.29) is 6.61 Å². The highest BCUT2D eigenvalue weighted by molar-refractivity contribution is 4.89. The van der Waals surface area contributed by atoms with Crippen molar-refractivity contribution >= 4 is 0 Å². The topological polar surface area (TPSA) is 49.7 Å². The molecule has 1 aliphatic rings. The number of ether oxygens (including phenoxy) is 1. The number of aliphatic hydroxyl groups excluding tert-OH is 2. The largest absolute Gasteiger partial charge is 0.390 e. The van der Waals surface area contributed by atoms with Gasteiger partial charge in [-0.3, -0.25) is 0 Å². The highest BCUT2D eigenvalue weighted by Gasteiger charge is 2.45. The van der Waals surface area contributed by atoms with Crippen LogP contribution in [0.1, 0.15) is 40.0 Å². The van der Waals surface area contributed by atoms with Crippen LogP contribution in [-0.2, 0) is 4.74 Å². The number of hydrogen-bond acceptors (Lipinski definition) is 3. The van der Waals surface area contributed by atoms with Crippen LogP contribution in [-0.4, -0.2) is 29.2 Å². The Bertz CT molecular complexity index is 169. The minimum Gasteiger partial charge on any atom is -0.390 e. The van der Waals surface area contributed by atoms with E-state index in [9.17, 15) is 10.2 Å². The first-order valence-corrected chi connectivity index (χ1v) is 5.44. The molecule has 0 aromatic carbocycles. The molecule has 0 aromatic heterocycles. The second-order valence-electron chi connectivity index (χ2n) is 4.99. The lowest BCUT2D eigenvalue weighted by Crippen LogP contribution is -2.36. The van der Waals surface area contributed by atoms with Gasteiger partial charge in [-0.05, 0) is 12.3 Å². The fraction of sp³-hybridized carbons (Fsp3) is 1.00. The summed E-state index contributed by atoms with van der Waals surface area (Å²) in [5.74, 6) is 0.676. The molecular formula is C11H22O3. The maximum atomic E-state index is 9.70. The minimum absolute atomic E-state index is 0.263. The second-order valence-corrected chi connectivity index (χ2v) is 4.99. The highest BCUT2D eigenvalue weighted by atomic mass is 16.6. The molecule has 84 valence electrons. The molecule has 0 radical (unpaired) electrons. The van der Waals surface area contributed by atoms with Crippen molar-refractivity contribution in [2.75, 3.05) is 6.61 Å². The van der Waals surface area contributed by atoms with Crippen LogP contribution in [0.15, 0.2) is 0 Å². The molecule has 1 heterocycles. The van der Waals surface area contributed by atoms with Crippen molar-refractivity contribution in [3.05, 3.63) is 0 Å². The monoisotopic (exact) mass is 202 g/mol. The van der Waals surface area contributed by atoms with Gasteiger partial charge in [0, 0.05) is 5.41 Å². The van der Waals surface area contributed by atoms with Crippen molar-refractivity contribution in [1.29, 1.82) is 0 Å². The van der Waals surface area contributed by atoms with Crippen LogP contribution in [0.25, 0.3) is 0 Å². The molecule has 0 amide bonds. The van der Waals surface area contributed by atoms with Crippen molar-refractivity contribution in [2.45, 2.75) is 52.4 Å². The van der Waals surface area contributed by atoms with Crippen LogP contribution >= 0.6 is 0 Å². The van der Waals surface area contributed by atoms with Crippen molar-refractivity contribution in [3.8, 4) is 0 Å². The Morgan fingerprint density at radius 2 is 2.07 bits per heavy atom. The van der Waals surface area contributed by atoms with Gasteiger partial charge >= 0.3 is 0 Å². The average Bonchev–Trinajstić information content (AvgIpc) is 2.33. The van der Waals surface area contributed by atoms with E-state index in [0.29, 0.717) is 5.92 Å². The fourth-order valence-electron chi connectivity index (χ4n) is 1.91. The molecule has 3 nitrogen and oxygen atoms in total. The summed E-state index contributed by atoms with van der Waals surface area (Å²) in [5, 5.41) is 19.3.